The Hall–Kier alpha value is -1.70. The lowest BCUT2D eigenvalue weighted by atomic mass is 10.2. The molecule has 8 heteroatoms. The summed E-state index contributed by atoms with van der Waals surface area (Å²) in [5.41, 5.74) is 0. The van der Waals surface area contributed by atoms with E-state index in [1.807, 2.05) is 13.2 Å². The molecule has 112 valence electrons. The van der Waals surface area contributed by atoms with Crippen LogP contribution in [0.1, 0.15) is 13.3 Å². The van der Waals surface area contributed by atoms with Crippen LogP contribution >= 0.6 is 11.8 Å². The molecule has 0 aliphatic carbocycles. The van der Waals surface area contributed by atoms with Gasteiger partial charge in [-0.2, -0.15) is 16.9 Å². The predicted molar refractivity (Wildman–Crippen MR) is 77.8 cm³/mol. The van der Waals surface area contributed by atoms with Gasteiger partial charge < -0.3 is 15.7 Å². The monoisotopic (exact) mass is 300 g/mol. The number of carboxylic acids is 1. The Labute approximate surface area is 122 Å². The number of carbonyl (C=O) groups is 2. The van der Waals surface area contributed by atoms with E-state index < -0.39 is 18.0 Å². The van der Waals surface area contributed by atoms with Crippen molar-refractivity contribution in [2.75, 3.05) is 12.0 Å². The predicted octanol–water partition coefficient (Wildman–Crippen LogP) is 0.777. The topological polar surface area (TPSA) is 96.3 Å². The summed E-state index contributed by atoms with van der Waals surface area (Å²) in [6, 6.07) is 0.317. The third-order valence-electron chi connectivity index (χ3n) is 2.61. The zero-order valence-corrected chi connectivity index (χ0v) is 12.4. The van der Waals surface area contributed by atoms with Crippen LogP contribution in [0.3, 0.4) is 0 Å². The number of carbonyl (C=O) groups excluding carboxylic acids is 1. The van der Waals surface area contributed by atoms with Gasteiger partial charge in [0.2, 0.25) is 0 Å². The first-order chi connectivity index (χ1) is 9.52. The molecule has 20 heavy (non-hydrogen) atoms. The summed E-state index contributed by atoms with van der Waals surface area (Å²) in [4.78, 5) is 22.8. The molecule has 1 aromatic heterocycles. The molecular formula is C12H20N4O3S. The van der Waals surface area contributed by atoms with Gasteiger partial charge in [0.05, 0.1) is 6.54 Å². The molecule has 1 unspecified atom stereocenters. The number of urea groups is 1. The molecule has 0 saturated carbocycles. The van der Waals surface area contributed by atoms with E-state index in [0.717, 1.165) is 0 Å². The molecule has 0 radical (unpaired) electrons. The highest BCUT2D eigenvalue weighted by molar-refractivity contribution is 7.98. The van der Waals surface area contributed by atoms with Crippen LogP contribution in [-0.2, 0) is 11.3 Å². The molecular weight excluding hydrogens is 280 g/mol. The fourth-order valence-electron chi connectivity index (χ4n) is 1.65. The highest BCUT2D eigenvalue weighted by Crippen LogP contribution is 2.01. The SMILES string of the molecule is CSCC[C@@H](NC(=O)NC(C)Cn1cccn1)C(=O)O. The average molecular weight is 300 g/mol. The largest absolute Gasteiger partial charge is 0.480 e. The Morgan fingerprint density at radius 1 is 1.45 bits per heavy atom. The van der Waals surface area contributed by atoms with E-state index in [1.54, 1.807) is 34.9 Å². The van der Waals surface area contributed by atoms with Crippen LogP contribution in [0.5, 0.6) is 0 Å². The standard InChI is InChI=1S/C12H20N4O3S/c1-9(8-16-6-3-5-13-16)14-12(19)15-10(11(17)18)4-7-20-2/h3,5-6,9-10H,4,7-8H2,1-2H3,(H,17,18)(H2,14,15,19)/t9?,10-/m1/s1. The summed E-state index contributed by atoms with van der Waals surface area (Å²) in [5, 5.41) is 18.2. The number of hydrogen-bond acceptors (Lipinski definition) is 4. The molecule has 0 saturated heterocycles. The normalized spacial score (nSPS) is 13.5. The zero-order valence-electron chi connectivity index (χ0n) is 11.6. The number of nitrogens with one attached hydrogen (secondary N) is 2. The Kier molecular flexibility index (Phi) is 6.92. The van der Waals surface area contributed by atoms with Crippen molar-refractivity contribution in [3.63, 3.8) is 0 Å². The first kappa shape index (κ1) is 16.4. The van der Waals surface area contributed by atoms with Crippen molar-refractivity contribution in [3.05, 3.63) is 18.5 Å². The van der Waals surface area contributed by atoms with Gasteiger partial charge in [0, 0.05) is 18.4 Å². The molecule has 2 atom stereocenters. The van der Waals surface area contributed by atoms with E-state index in [0.29, 0.717) is 18.7 Å². The quantitative estimate of drug-likeness (QED) is 0.659. The van der Waals surface area contributed by atoms with Crippen LogP contribution < -0.4 is 10.6 Å². The second-order valence-corrected chi connectivity index (χ2v) is 5.40. The molecule has 2 amide bonds. The summed E-state index contributed by atoms with van der Waals surface area (Å²) in [7, 11) is 0. The first-order valence-corrected chi connectivity index (χ1v) is 7.68. The lowest BCUT2D eigenvalue weighted by Crippen LogP contribution is -2.49. The van der Waals surface area contributed by atoms with Crippen molar-refractivity contribution < 1.29 is 14.7 Å². The number of thioether (sulfide) groups is 1. The van der Waals surface area contributed by atoms with Crippen molar-refractivity contribution in [1.29, 1.82) is 0 Å². The minimum Gasteiger partial charge on any atom is -0.480 e. The number of nitrogens with zero attached hydrogens (tertiary/aromatic N) is 2. The van der Waals surface area contributed by atoms with Gasteiger partial charge in [-0.3, -0.25) is 4.68 Å². The number of amides is 2. The lowest BCUT2D eigenvalue weighted by molar-refractivity contribution is -0.139. The minimum atomic E-state index is -1.02. The van der Waals surface area contributed by atoms with Gasteiger partial charge in [0.15, 0.2) is 0 Å². The van der Waals surface area contributed by atoms with Gasteiger partial charge in [0.1, 0.15) is 6.04 Å². The Balaban J connectivity index is 2.38. The average Bonchev–Trinajstić information content (AvgIpc) is 2.86. The minimum absolute atomic E-state index is 0.148. The van der Waals surface area contributed by atoms with Crippen LogP contribution in [0.15, 0.2) is 18.5 Å². The fourth-order valence-corrected chi connectivity index (χ4v) is 2.12. The third kappa shape index (κ3) is 5.96. The van der Waals surface area contributed by atoms with Gasteiger partial charge in [-0.25, -0.2) is 9.59 Å². The van der Waals surface area contributed by atoms with Crippen LogP contribution in [0, 0.1) is 0 Å². The van der Waals surface area contributed by atoms with E-state index in [1.165, 1.54) is 0 Å². The summed E-state index contributed by atoms with van der Waals surface area (Å²) in [6.45, 7) is 2.36. The Bertz CT molecular complexity index is 424. The molecule has 1 aromatic rings. The molecule has 0 aromatic carbocycles. The maximum Gasteiger partial charge on any atom is 0.326 e. The first-order valence-electron chi connectivity index (χ1n) is 6.29. The second-order valence-electron chi connectivity index (χ2n) is 4.42. The molecule has 7 nitrogen and oxygen atoms in total. The molecule has 0 bridgehead atoms. The summed E-state index contributed by atoms with van der Waals surface area (Å²) in [5.74, 6) is -0.339. The maximum absolute atomic E-state index is 11.7. The Morgan fingerprint density at radius 3 is 2.75 bits per heavy atom. The van der Waals surface area contributed by atoms with Crippen LogP contribution in [-0.4, -0.2) is 51.0 Å². The van der Waals surface area contributed by atoms with Gasteiger partial charge in [0.25, 0.3) is 0 Å². The van der Waals surface area contributed by atoms with Crippen molar-refractivity contribution in [2.24, 2.45) is 0 Å². The smallest absolute Gasteiger partial charge is 0.326 e. The van der Waals surface area contributed by atoms with Crippen LogP contribution in [0.4, 0.5) is 4.79 Å². The van der Waals surface area contributed by atoms with Crippen LogP contribution in [0.25, 0.3) is 0 Å². The summed E-state index contributed by atoms with van der Waals surface area (Å²) in [6.07, 6.45) is 5.76. The van der Waals surface area contributed by atoms with Crippen molar-refractivity contribution in [2.45, 2.75) is 32.0 Å². The van der Waals surface area contributed by atoms with Crippen LogP contribution in [0.2, 0.25) is 0 Å². The molecule has 1 rings (SSSR count). The van der Waals surface area contributed by atoms with Gasteiger partial charge in [-0.15, -0.1) is 0 Å². The number of carboxylic acid groups (broad SMARTS) is 1. The van der Waals surface area contributed by atoms with Gasteiger partial charge in [-0.1, -0.05) is 0 Å². The fraction of sp³-hybridized carbons (Fsp3) is 0.583. The molecule has 0 aliphatic heterocycles. The third-order valence-corrected chi connectivity index (χ3v) is 3.26. The van der Waals surface area contributed by atoms with Crippen molar-refractivity contribution in [3.8, 4) is 0 Å². The maximum atomic E-state index is 11.7. The lowest BCUT2D eigenvalue weighted by Gasteiger charge is -2.18. The highest BCUT2D eigenvalue weighted by atomic mass is 32.2. The van der Waals surface area contributed by atoms with Crippen molar-refractivity contribution >= 4 is 23.8 Å². The van der Waals surface area contributed by atoms with Gasteiger partial charge >= 0.3 is 12.0 Å². The van der Waals surface area contributed by atoms with E-state index in [4.69, 9.17) is 5.11 Å². The highest BCUT2D eigenvalue weighted by Gasteiger charge is 2.20. The number of aromatic nitrogens is 2. The molecule has 0 fully saturated rings. The zero-order chi connectivity index (χ0) is 15.0. The van der Waals surface area contributed by atoms with E-state index in [-0.39, 0.29) is 6.04 Å². The van der Waals surface area contributed by atoms with Gasteiger partial charge in [-0.05, 0) is 31.4 Å². The van der Waals surface area contributed by atoms with E-state index >= 15 is 0 Å². The summed E-state index contributed by atoms with van der Waals surface area (Å²) >= 11 is 1.54. The molecule has 0 spiro atoms. The second kappa shape index (κ2) is 8.47. The van der Waals surface area contributed by atoms with E-state index in [2.05, 4.69) is 15.7 Å². The molecule has 3 N–H and O–H groups in total. The van der Waals surface area contributed by atoms with Crippen molar-refractivity contribution in [1.82, 2.24) is 20.4 Å². The van der Waals surface area contributed by atoms with E-state index in [9.17, 15) is 9.59 Å². The number of rotatable bonds is 8. The number of aliphatic carboxylic acids is 1. The molecule has 1 heterocycles. The number of hydrogen-bond donors (Lipinski definition) is 3. The summed E-state index contributed by atoms with van der Waals surface area (Å²) < 4.78 is 1.70. The molecule has 0 aliphatic rings. The Morgan fingerprint density at radius 2 is 2.20 bits per heavy atom.